The molecule has 0 atom stereocenters. The minimum atomic E-state index is -0.185. The van der Waals surface area contributed by atoms with Crippen LogP contribution in [0, 0.1) is 5.41 Å². The monoisotopic (exact) mass is 483 g/mol. The second kappa shape index (κ2) is 9.89. The molecule has 0 saturated carbocycles. The number of carbonyl (C=O) groups is 1. The van der Waals surface area contributed by atoms with Crippen LogP contribution in [-0.2, 0) is 6.54 Å². The topological polar surface area (TPSA) is 94.5 Å². The lowest BCUT2D eigenvalue weighted by Crippen LogP contribution is -2.26. The summed E-state index contributed by atoms with van der Waals surface area (Å²) in [5.41, 5.74) is 0.947. The number of Topliss-reactive ketones (excluding diaryl/α,β-unsaturated/α-hetero) is 1. The zero-order chi connectivity index (χ0) is 20.3. The smallest absolute Gasteiger partial charge is 0.242 e. The zero-order valence-corrected chi connectivity index (χ0v) is 18.8. The summed E-state index contributed by atoms with van der Waals surface area (Å²) in [6, 6.07) is 8.60. The van der Waals surface area contributed by atoms with Gasteiger partial charge in [-0.3, -0.25) is 10.2 Å². The number of halogens is 2. The van der Waals surface area contributed by atoms with Crippen LogP contribution in [0.25, 0.3) is 5.65 Å². The molecule has 0 aliphatic heterocycles. The molecule has 2 aromatic heterocycles. The Hall–Kier alpha value is -2.39. The molecule has 1 aromatic carbocycles. The Morgan fingerprint density at radius 3 is 2.59 bits per heavy atom. The fourth-order valence-electron chi connectivity index (χ4n) is 2.78. The number of ether oxygens (including phenoxy) is 2. The first-order valence-electron chi connectivity index (χ1n) is 9.01. The molecule has 29 heavy (non-hydrogen) atoms. The highest BCUT2D eigenvalue weighted by Crippen LogP contribution is 2.21. The van der Waals surface area contributed by atoms with Gasteiger partial charge in [0.15, 0.2) is 11.4 Å². The lowest BCUT2D eigenvalue weighted by Gasteiger charge is -2.14. The van der Waals surface area contributed by atoms with Crippen LogP contribution in [0.5, 0.6) is 11.6 Å². The van der Waals surface area contributed by atoms with Crippen molar-refractivity contribution in [3.63, 3.8) is 0 Å². The second-order valence-corrected chi connectivity index (χ2v) is 7.20. The van der Waals surface area contributed by atoms with Crippen LogP contribution in [0.2, 0.25) is 0 Å². The molecule has 0 aliphatic rings. The first kappa shape index (κ1) is 22.9. The number of methoxy groups -OCH3 is 1. The molecule has 8 nitrogen and oxygen atoms in total. The van der Waals surface area contributed by atoms with Gasteiger partial charge in [0.2, 0.25) is 11.5 Å². The molecule has 0 amide bonds. The number of hydrogen-bond acceptors (Lipinski definition) is 6. The van der Waals surface area contributed by atoms with Crippen molar-refractivity contribution in [2.45, 2.75) is 39.3 Å². The average molecular weight is 485 g/mol. The van der Waals surface area contributed by atoms with Crippen LogP contribution in [0.4, 0.5) is 0 Å². The number of hydrogen-bond donors (Lipinski definition) is 1. The first-order valence-corrected chi connectivity index (χ1v) is 9.80. The number of nitrogens with zero attached hydrogens (tertiary/aromatic N) is 4. The van der Waals surface area contributed by atoms with Gasteiger partial charge in [-0.1, -0.05) is 29.8 Å². The van der Waals surface area contributed by atoms with E-state index in [1.165, 1.54) is 9.20 Å². The molecule has 3 rings (SSSR count). The fraction of sp³-hybridized carbons (Fsp3) is 0.368. The zero-order valence-electron chi connectivity index (χ0n) is 16.4. The molecule has 0 saturated heterocycles. The van der Waals surface area contributed by atoms with Crippen LogP contribution in [0.3, 0.4) is 0 Å². The van der Waals surface area contributed by atoms with Crippen molar-refractivity contribution in [1.29, 1.82) is 5.41 Å². The third kappa shape index (κ3) is 5.16. The second-order valence-electron chi connectivity index (χ2n) is 6.28. The van der Waals surface area contributed by atoms with Crippen molar-refractivity contribution in [2.75, 3.05) is 7.11 Å². The van der Waals surface area contributed by atoms with Crippen LogP contribution in [-0.4, -0.2) is 38.4 Å². The van der Waals surface area contributed by atoms with E-state index in [0.29, 0.717) is 22.8 Å². The Labute approximate surface area is 182 Å². The van der Waals surface area contributed by atoms with E-state index >= 15 is 0 Å². The Balaban J connectivity index is 0.00000300. The van der Waals surface area contributed by atoms with Gasteiger partial charge in [-0.05, 0) is 37.1 Å². The predicted molar refractivity (Wildman–Crippen MR) is 114 cm³/mol. The molecule has 1 N–H and O–H groups in total. The number of ketones is 1. The predicted octanol–water partition coefficient (Wildman–Crippen LogP) is 3.65. The lowest BCUT2D eigenvalue weighted by atomic mass is 10.1. The van der Waals surface area contributed by atoms with Crippen molar-refractivity contribution in [2.24, 2.45) is 0 Å². The molecular formula is C19H23BrClN5O3. The normalized spacial score (nSPS) is 10.8. The van der Waals surface area contributed by atoms with E-state index in [0.717, 1.165) is 17.3 Å². The van der Waals surface area contributed by atoms with Gasteiger partial charge in [0.05, 0.1) is 13.2 Å². The summed E-state index contributed by atoms with van der Waals surface area (Å²) >= 11 is 3.37. The number of fused-ring (bicyclic) bond motifs is 1. The van der Waals surface area contributed by atoms with Gasteiger partial charge < -0.3 is 9.47 Å². The Morgan fingerprint density at radius 1 is 1.21 bits per heavy atom. The van der Waals surface area contributed by atoms with E-state index < -0.39 is 0 Å². The van der Waals surface area contributed by atoms with Crippen molar-refractivity contribution in [1.82, 2.24) is 19.4 Å². The van der Waals surface area contributed by atoms with E-state index in [2.05, 4.69) is 40.0 Å². The summed E-state index contributed by atoms with van der Waals surface area (Å²) in [4.78, 5) is 12.7. The molecule has 2 heterocycles. The van der Waals surface area contributed by atoms with Gasteiger partial charge in [-0.15, -0.1) is 22.6 Å². The standard InChI is InChI=1S/C19H22BrN5O3.ClH/c1-4-14(5-2)28-18-7-6-17-22-24(19(21)25(17)23-18)11-16(26)12-8-13(20)10-15(9-12)27-3;/h6-10,14,21H,4-5,11H2,1-3H3;1H. The highest BCUT2D eigenvalue weighted by atomic mass is 79.9. The molecular weight excluding hydrogens is 462 g/mol. The maximum atomic E-state index is 12.7. The molecule has 0 spiro atoms. The summed E-state index contributed by atoms with van der Waals surface area (Å²) in [5, 5.41) is 17.0. The highest BCUT2D eigenvalue weighted by molar-refractivity contribution is 9.10. The van der Waals surface area contributed by atoms with Gasteiger partial charge in [0, 0.05) is 16.1 Å². The molecule has 3 aromatic rings. The van der Waals surface area contributed by atoms with Crippen molar-refractivity contribution in [3.8, 4) is 11.6 Å². The number of rotatable bonds is 8. The third-order valence-electron chi connectivity index (χ3n) is 4.38. The quantitative estimate of drug-likeness (QED) is 0.493. The largest absolute Gasteiger partial charge is 0.497 e. The Kier molecular flexibility index (Phi) is 7.80. The van der Waals surface area contributed by atoms with Crippen molar-refractivity contribution < 1.29 is 14.3 Å². The first-order chi connectivity index (χ1) is 13.4. The number of benzene rings is 1. The fourth-order valence-corrected chi connectivity index (χ4v) is 3.25. The summed E-state index contributed by atoms with van der Waals surface area (Å²) < 4.78 is 14.5. The van der Waals surface area contributed by atoms with Gasteiger partial charge >= 0.3 is 0 Å². The Morgan fingerprint density at radius 2 is 1.93 bits per heavy atom. The average Bonchev–Trinajstić information content (AvgIpc) is 3.00. The van der Waals surface area contributed by atoms with Crippen LogP contribution in [0.15, 0.2) is 34.8 Å². The van der Waals surface area contributed by atoms with Crippen LogP contribution in [0.1, 0.15) is 37.0 Å². The van der Waals surface area contributed by atoms with Crippen molar-refractivity contribution >= 4 is 39.8 Å². The molecule has 0 radical (unpaired) electrons. The molecule has 10 heteroatoms. The number of nitrogens with one attached hydrogen (secondary N) is 1. The van der Waals surface area contributed by atoms with Gasteiger partial charge in [-0.2, -0.15) is 4.52 Å². The van der Waals surface area contributed by atoms with Gasteiger partial charge in [-0.25, -0.2) is 4.68 Å². The molecule has 0 aliphatic carbocycles. The van der Waals surface area contributed by atoms with Gasteiger partial charge in [0.1, 0.15) is 12.3 Å². The van der Waals surface area contributed by atoms with E-state index in [9.17, 15) is 4.79 Å². The minimum Gasteiger partial charge on any atom is -0.497 e. The molecule has 156 valence electrons. The summed E-state index contributed by atoms with van der Waals surface area (Å²) in [5.74, 6) is 0.825. The minimum absolute atomic E-state index is 0. The maximum Gasteiger partial charge on any atom is 0.242 e. The van der Waals surface area contributed by atoms with E-state index in [-0.39, 0.29) is 36.5 Å². The molecule has 0 unspecified atom stereocenters. The number of carbonyl (C=O) groups excluding carboxylic acids is 1. The van der Waals surface area contributed by atoms with E-state index in [1.54, 1.807) is 37.4 Å². The van der Waals surface area contributed by atoms with Gasteiger partial charge in [0.25, 0.3) is 0 Å². The summed E-state index contributed by atoms with van der Waals surface area (Å²) in [6.07, 6.45) is 1.82. The van der Waals surface area contributed by atoms with Crippen LogP contribution >= 0.6 is 28.3 Å². The Bertz CT molecular complexity index is 1060. The summed E-state index contributed by atoms with van der Waals surface area (Å²) in [7, 11) is 1.54. The lowest BCUT2D eigenvalue weighted by molar-refractivity contribution is 0.0965. The summed E-state index contributed by atoms with van der Waals surface area (Å²) in [6.45, 7) is 4.02. The van der Waals surface area contributed by atoms with E-state index in [1.807, 2.05) is 0 Å². The SMILES string of the molecule is CCC(CC)Oc1ccc2nn(CC(=O)c3cc(Br)cc(OC)c3)c(=N)n2n1.Cl. The molecule has 0 bridgehead atoms. The number of aromatic nitrogens is 4. The van der Waals surface area contributed by atoms with Crippen LogP contribution < -0.4 is 15.1 Å². The maximum absolute atomic E-state index is 12.7. The highest BCUT2D eigenvalue weighted by Gasteiger charge is 2.14. The molecule has 0 fully saturated rings. The van der Waals surface area contributed by atoms with E-state index in [4.69, 9.17) is 14.9 Å². The van der Waals surface area contributed by atoms with Crippen molar-refractivity contribution in [3.05, 3.63) is 46.0 Å². The third-order valence-corrected chi connectivity index (χ3v) is 4.84.